The molecule has 5 N–H and O–H groups in total. The first-order valence-electron chi connectivity index (χ1n) is 5.43. The molecule has 1 unspecified atom stereocenters. The summed E-state index contributed by atoms with van der Waals surface area (Å²) in [7, 11) is 0. The summed E-state index contributed by atoms with van der Waals surface area (Å²) in [6, 6.07) is 2.21. The van der Waals surface area contributed by atoms with E-state index in [1.807, 2.05) is 0 Å². The smallest absolute Gasteiger partial charge is 0.407 e. The Kier molecular flexibility index (Phi) is 3.24. The summed E-state index contributed by atoms with van der Waals surface area (Å²) in [5.41, 5.74) is 11.1. The van der Waals surface area contributed by atoms with Crippen molar-refractivity contribution in [2.75, 3.05) is 31.2 Å². The van der Waals surface area contributed by atoms with Crippen LogP contribution < -0.4 is 11.5 Å². The van der Waals surface area contributed by atoms with Crippen LogP contribution in [-0.4, -0.2) is 35.9 Å². The molecule has 0 spiro atoms. The molecule has 1 aliphatic heterocycles. The minimum atomic E-state index is -1.11. The number of morpholine rings is 1. The van der Waals surface area contributed by atoms with Gasteiger partial charge >= 0.3 is 6.09 Å². The molecule has 6 nitrogen and oxygen atoms in total. The summed E-state index contributed by atoms with van der Waals surface area (Å²) in [4.78, 5) is 12.2. The highest BCUT2D eigenvalue weighted by Crippen LogP contribution is 2.31. The van der Waals surface area contributed by atoms with Gasteiger partial charge in [0.05, 0.1) is 30.6 Å². The highest BCUT2D eigenvalue weighted by molar-refractivity contribution is 5.68. The van der Waals surface area contributed by atoms with Crippen molar-refractivity contribution in [3.05, 3.63) is 23.5 Å². The standard InChI is InChI=1S/C11H14FN3O3/c12-9-6(1-2-7(13)10(9)14)8-5-18-4-3-15(8)11(16)17/h1-2,8H,3-5,13-14H2,(H,16,17). The van der Waals surface area contributed by atoms with E-state index in [-0.39, 0.29) is 30.1 Å². The van der Waals surface area contributed by atoms with Crippen molar-refractivity contribution in [1.82, 2.24) is 4.90 Å². The van der Waals surface area contributed by atoms with Crippen LogP contribution in [-0.2, 0) is 4.74 Å². The molecule has 7 heteroatoms. The number of anilines is 2. The molecule has 1 aromatic rings. The lowest BCUT2D eigenvalue weighted by molar-refractivity contribution is -0.00193. The fourth-order valence-corrected chi connectivity index (χ4v) is 1.97. The third-order valence-electron chi connectivity index (χ3n) is 2.98. The number of amides is 1. The molecule has 0 aromatic heterocycles. The Balaban J connectivity index is 2.40. The molecule has 18 heavy (non-hydrogen) atoms. The van der Waals surface area contributed by atoms with Crippen LogP contribution in [0.2, 0.25) is 0 Å². The Bertz CT molecular complexity index is 481. The fraction of sp³-hybridized carbons (Fsp3) is 0.364. The number of nitrogen functional groups attached to an aromatic ring is 2. The van der Waals surface area contributed by atoms with Crippen LogP contribution in [0.5, 0.6) is 0 Å². The topological polar surface area (TPSA) is 102 Å². The highest BCUT2D eigenvalue weighted by atomic mass is 19.1. The van der Waals surface area contributed by atoms with E-state index in [1.165, 1.54) is 12.1 Å². The average Bonchev–Trinajstić information content (AvgIpc) is 2.36. The molecule has 1 saturated heterocycles. The second-order valence-electron chi connectivity index (χ2n) is 4.04. The molecule has 1 aliphatic rings. The Labute approximate surface area is 103 Å². The van der Waals surface area contributed by atoms with Gasteiger partial charge in [0.1, 0.15) is 0 Å². The van der Waals surface area contributed by atoms with Gasteiger partial charge in [0.2, 0.25) is 0 Å². The zero-order valence-corrected chi connectivity index (χ0v) is 9.60. The van der Waals surface area contributed by atoms with Crippen molar-refractivity contribution in [2.24, 2.45) is 0 Å². The Morgan fingerprint density at radius 3 is 2.89 bits per heavy atom. The van der Waals surface area contributed by atoms with Gasteiger partial charge in [-0.3, -0.25) is 4.90 Å². The van der Waals surface area contributed by atoms with E-state index in [0.717, 1.165) is 4.90 Å². The number of nitrogens with zero attached hydrogens (tertiary/aromatic N) is 1. The number of ether oxygens (including phenoxy) is 1. The van der Waals surface area contributed by atoms with Gasteiger partial charge in [-0.15, -0.1) is 0 Å². The molecule has 1 heterocycles. The van der Waals surface area contributed by atoms with E-state index in [2.05, 4.69) is 0 Å². The maximum atomic E-state index is 14.0. The van der Waals surface area contributed by atoms with Gasteiger partial charge in [-0.25, -0.2) is 9.18 Å². The van der Waals surface area contributed by atoms with E-state index in [0.29, 0.717) is 6.61 Å². The maximum absolute atomic E-state index is 14.0. The van der Waals surface area contributed by atoms with Crippen molar-refractivity contribution in [2.45, 2.75) is 6.04 Å². The van der Waals surface area contributed by atoms with Gasteiger partial charge in [0, 0.05) is 12.1 Å². The minimum Gasteiger partial charge on any atom is -0.465 e. The molecule has 0 bridgehead atoms. The summed E-state index contributed by atoms with van der Waals surface area (Å²) in [5.74, 6) is -0.684. The minimum absolute atomic E-state index is 0.104. The summed E-state index contributed by atoms with van der Waals surface area (Å²) in [6.07, 6.45) is -1.11. The predicted molar refractivity (Wildman–Crippen MR) is 63.5 cm³/mol. The van der Waals surface area contributed by atoms with E-state index in [1.54, 1.807) is 0 Å². The van der Waals surface area contributed by atoms with Gasteiger partial charge in [-0.1, -0.05) is 6.07 Å². The summed E-state index contributed by atoms with van der Waals surface area (Å²) in [5, 5.41) is 9.08. The second kappa shape index (κ2) is 4.69. The first-order chi connectivity index (χ1) is 8.52. The highest BCUT2D eigenvalue weighted by Gasteiger charge is 2.31. The van der Waals surface area contributed by atoms with Crippen LogP contribution in [0.4, 0.5) is 20.6 Å². The number of nitrogens with two attached hydrogens (primary N) is 2. The molecule has 0 radical (unpaired) electrons. The molecule has 1 fully saturated rings. The van der Waals surface area contributed by atoms with Crippen LogP contribution in [0, 0.1) is 5.82 Å². The predicted octanol–water partition coefficient (Wildman–Crippen LogP) is 1.04. The van der Waals surface area contributed by atoms with Crippen molar-refractivity contribution < 1.29 is 19.0 Å². The third-order valence-corrected chi connectivity index (χ3v) is 2.98. The first kappa shape index (κ1) is 12.4. The van der Waals surface area contributed by atoms with Crippen LogP contribution in [0.1, 0.15) is 11.6 Å². The molecule has 1 amide bonds. The van der Waals surface area contributed by atoms with Crippen molar-refractivity contribution in [3.63, 3.8) is 0 Å². The van der Waals surface area contributed by atoms with Gasteiger partial charge in [0.15, 0.2) is 5.82 Å². The van der Waals surface area contributed by atoms with E-state index < -0.39 is 18.0 Å². The van der Waals surface area contributed by atoms with Crippen molar-refractivity contribution in [3.8, 4) is 0 Å². The molecule has 1 atom stereocenters. The van der Waals surface area contributed by atoms with Gasteiger partial charge in [0.25, 0.3) is 0 Å². The number of halogens is 1. The van der Waals surface area contributed by atoms with Crippen LogP contribution in [0.25, 0.3) is 0 Å². The molecular weight excluding hydrogens is 241 g/mol. The van der Waals surface area contributed by atoms with Crippen molar-refractivity contribution in [1.29, 1.82) is 0 Å². The number of carboxylic acid groups (broad SMARTS) is 1. The fourth-order valence-electron chi connectivity index (χ4n) is 1.97. The lowest BCUT2D eigenvalue weighted by atomic mass is 10.0. The van der Waals surface area contributed by atoms with Crippen LogP contribution >= 0.6 is 0 Å². The van der Waals surface area contributed by atoms with Crippen LogP contribution in [0.3, 0.4) is 0 Å². The number of benzene rings is 1. The lowest BCUT2D eigenvalue weighted by Crippen LogP contribution is -2.43. The SMILES string of the molecule is Nc1ccc(C2COCCN2C(=O)O)c(F)c1N. The largest absolute Gasteiger partial charge is 0.465 e. The van der Waals surface area contributed by atoms with Crippen LogP contribution in [0.15, 0.2) is 12.1 Å². The van der Waals surface area contributed by atoms with E-state index in [4.69, 9.17) is 21.3 Å². The molecule has 2 rings (SSSR count). The number of hydrogen-bond donors (Lipinski definition) is 3. The third kappa shape index (κ3) is 2.04. The lowest BCUT2D eigenvalue weighted by Gasteiger charge is -2.34. The normalized spacial score (nSPS) is 19.8. The summed E-state index contributed by atoms with van der Waals surface area (Å²) < 4.78 is 19.2. The van der Waals surface area contributed by atoms with E-state index >= 15 is 0 Å². The molecule has 0 aliphatic carbocycles. The summed E-state index contributed by atoms with van der Waals surface area (Å²) in [6.45, 7) is 0.602. The quantitative estimate of drug-likeness (QED) is 0.651. The zero-order chi connectivity index (χ0) is 13.3. The zero-order valence-electron chi connectivity index (χ0n) is 9.60. The Morgan fingerprint density at radius 2 is 2.22 bits per heavy atom. The molecule has 0 saturated carbocycles. The molecule has 1 aromatic carbocycles. The summed E-state index contributed by atoms with van der Waals surface area (Å²) >= 11 is 0. The maximum Gasteiger partial charge on any atom is 0.407 e. The molecule has 98 valence electrons. The van der Waals surface area contributed by atoms with Crippen molar-refractivity contribution >= 4 is 17.5 Å². The number of hydrogen-bond acceptors (Lipinski definition) is 4. The number of rotatable bonds is 1. The Morgan fingerprint density at radius 1 is 1.50 bits per heavy atom. The van der Waals surface area contributed by atoms with Gasteiger partial charge < -0.3 is 21.3 Å². The Hall–Kier alpha value is -2.02. The average molecular weight is 255 g/mol. The van der Waals surface area contributed by atoms with Gasteiger partial charge in [-0.2, -0.15) is 0 Å². The second-order valence-corrected chi connectivity index (χ2v) is 4.04. The number of carbonyl (C=O) groups is 1. The first-order valence-corrected chi connectivity index (χ1v) is 5.43. The monoisotopic (exact) mass is 255 g/mol. The van der Waals surface area contributed by atoms with E-state index in [9.17, 15) is 9.18 Å². The molecular formula is C11H14FN3O3. The van der Waals surface area contributed by atoms with Gasteiger partial charge in [-0.05, 0) is 6.07 Å².